The summed E-state index contributed by atoms with van der Waals surface area (Å²) in [6.07, 6.45) is 8.79. The lowest BCUT2D eigenvalue weighted by Gasteiger charge is -2.48. The lowest BCUT2D eigenvalue weighted by atomic mass is 9.95. The van der Waals surface area contributed by atoms with E-state index in [0.29, 0.717) is 5.91 Å². The number of likely N-dealkylation sites (tertiary alicyclic amines) is 1. The van der Waals surface area contributed by atoms with Crippen LogP contribution in [0.1, 0.15) is 63.0 Å². The van der Waals surface area contributed by atoms with Crippen LogP contribution < -0.4 is 4.90 Å². The highest BCUT2D eigenvalue weighted by atomic mass is 16.2. The van der Waals surface area contributed by atoms with Crippen molar-refractivity contribution in [1.82, 2.24) is 0 Å². The van der Waals surface area contributed by atoms with E-state index < -0.39 is 0 Å². The molecular weight excluding hydrogens is 308 g/mol. The van der Waals surface area contributed by atoms with Crippen molar-refractivity contribution in [2.75, 3.05) is 31.1 Å². The summed E-state index contributed by atoms with van der Waals surface area (Å²) in [5.41, 5.74) is 3.62. The second-order valence-corrected chi connectivity index (χ2v) is 8.14. The van der Waals surface area contributed by atoms with Gasteiger partial charge in [0.15, 0.2) is 6.04 Å². The summed E-state index contributed by atoms with van der Waals surface area (Å²) >= 11 is 0. The van der Waals surface area contributed by atoms with Gasteiger partial charge in [-0.15, -0.1) is 0 Å². The van der Waals surface area contributed by atoms with Crippen molar-refractivity contribution < 1.29 is 9.28 Å². The van der Waals surface area contributed by atoms with E-state index in [1.165, 1.54) is 62.0 Å². The number of aryl methyl sites for hydroxylation is 2. The zero-order chi connectivity index (χ0) is 17.9. The number of likely N-dealkylation sites (N-methyl/N-ethyl adjacent to an activating group) is 1. The molecule has 0 aliphatic carbocycles. The van der Waals surface area contributed by atoms with Crippen LogP contribution in [0.15, 0.2) is 18.2 Å². The summed E-state index contributed by atoms with van der Waals surface area (Å²) in [6.45, 7) is 10.9. The van der Waals surface area contributed by atoms with Crippen molar-refractivity contribution >= 4 is 11.6 Å². The highest BCUT2D eigenvalue weighted by molar-refractivity contribution is 5.98. The third-order valence-corrected chi connectivity index (χ3v) is 6.62. The Bertz CT molecular complexity index is 582. The normalized spacial score (nSPS) is 24.7. The maximum absolute atomic E-state index is 13.6. The summed E-state index contributed by atoms with van der Waals surface area (Å²) < 4.78 is 1.03. The number of rotatable bonds is 3. The molecule has 1 atom stereocenters. The molecule has 3 nitrogen and oxygen atoms in total. The maximum Gasteiger partial charge on any atom is 0.285 e. The van der Waals surface area contributed by atoms with E-state index in [4.69, 9.17) is 0 Å². The van der Waals surface area contributed by atoms with Crippen molar-refractivity contribution in [3.8, 4) is 0 Å². The Morgan fingerprint density at radius 3 is 2.20 bits per heavy atom. The lowest BCUT2D eigenvalue weighted by Crippen LogP contribution is -2.64. The Morgan fingerprint density at radius 1 is 1.00 bits per heavy atom. The molecule has 2 fully saturated rings. The van der Waals surface area contributed by atoms with E-state index in [1.54, 1.807) is 0 Å². The second kappa shape index (κ2) is 7.90. The number of piperidine rings is 1. The molecule has 3 heteroatoms. The van der Waals surface area contributed by atoms with Crippen molar-refractivity contribution in [2.24, 2.45) is 0 Å². The first-order valence-corrected chi connectivity index (χ1v) is 10.3. The van der Waals surface area contributed by atoms with Crippen LogP contribution in [0.3, 0.4) is 0 Å². The SMILES string of the molecule is CC[N+]1(C2CCCN(c3c(C)cccc3C)C2=O)CCCCCCC1. The highest BCUT2D eigenvalue weighted by Crippen LogP contribution is 2.33. The zero-order valence-electron chi connectivity index (χ0n) is 16.4. The molecule has 25 heavy (non-hydrogen) atoms. The van der Waals surface area contributed by atoms with Gasteiger partial charge in [0.25, 0.3) is 5.91 Å². The van der Waals surface area contributed by atoms with E-state index in [-0.39, 0.29) is 6.04 Å². The van der Waals surface area contributed by atoms with Gasteiger partial charge in [-0.2, -0.15) is 0 Å². The van der Waals surface area contributed by atoms with Gasteiger partial charge in [-0.1, -0.05) is 24.6 Å². The summed E-state index contributed by atoms with van der Waals surface area (Å²) in [4.78, 5) is 15.7. The third kappa shape index (κ3) is 3.62. The van der Waals surface area contributed by atoms with E-state index in [2.05, 4.69) is 43.9 Å². The molecule has 138 valence electrons. The molecule has 2 heterocycles. The van der Waals surface area contributed by atoms with Crippen LogP contribution in [0.4, 0.5) is 5.69 Å². The molecule has 2 aliphatic rings. The number of hydrogen-bond donors (Lipinski definition) is 0. The quantitative estimate of drug-likeness (QED) is 0.735. The largest absolute Gasteiger partial charge is 0.314 e. The van der Waals surface area contributed by atoms with Gasteiger partial charge in [0.1, 0.15) is 0 Å². The van der Waals surface area contributed by atoms with Gasteiger partial charge in [0.05, 0.1) is 19.6 Å². The van der Waals surface area contributed by atoms with Gasteiger partial charge in [0, 0.05) is 18.7 Å². The fourth-order valence-corrected chi connectivity index (χ4v) is 5.16. The number of carbonyl (C=O) groups excluding carboxylic acids is 1. The molecule has 0 saturated carbocycles. The summed E-state index contributed by atoms with van der Waals surface area (Å²) in [5.74, 6) is 0.381. The van der Waals surface area contributed by atoms with Crippen molar-refractivity contribution in [2.45, 2.75) is 71.8 Å². The molecule has 2 saturated heterocycles. The lowest BCUT2D eigenvalue weighted by molar-refractivity contribution is -0.942. The number of nitrogens with zero attached hydrogens (tertiary/aromatic N) is 2. The third-order valence-electron chi connectivity index (χ3n) is 6.62. The minimum Gasteiger partial charge on any atom is -0.314 e. The molecule has 0 spiro atoms. The number of carbonyl (C=O) groups is 1. The average molecular weight is 344 g/mol. The fourth-order valence-electron chi connectivity index (χ4n) is 5.16. The predicted octanol–water partition coefficient (Wildman–Crippen LogP) is 4.60. The van der Waals surface area contributed by atoms with E-state index in [9.17, 15) is 4.79 Å². The number of amides is 1. The number of quaternary nitrogens is 1. The minimum absolute atomic E-state index is 0.163. The molecule has 0 N–H and O–H groups in total. The smallest absolute Gasteiger partial charge is 0.285 e. The molecule has 2 aliphatic heterocycles. The topological polar surface area (TPSA) is 20.3 Å². The molecular formula is C22H35N2O+. The van der Waals surface area contributed by atoms with E-state index >= 15 is 0 Å². The summed E-state index contributed by atoms with van der Waals surface area (Å²) in [6, 6.07) is 6.54. The zero-order valence-corrected chi connectivity index (χ0v) is 16.4. The monoisotopic (exact) mass is 343 g/mol. The standard InChI is InChI=1S/C22H35N2O/c1-4-24(16-8-6-5-7-9-17-24)20-14-11-15-23(22(20)25)21-18(2)12-10-13-19(21)3/h10,12-13,20H,4-9,11,14-17H2,1-3H3/q+1. The Morgan fingerprint density at radius 2 is 1.60 bits per heavy atom. The first-order chi connectivity index (χ1) is 12.1. The summed E-state index contributed by atoms with van der Waals surface area (Å²) in [7, 11) is 0. The Kier molecular flexibility index (Phi) is 5.83. The predicted molar refractivity (Wildman–Crippen MR) is 105 cm³/mol. The van der Waals surface area contributed by atoms with Gasteiger partial charge < -0.3 is 9.38 Å². The first kappa shape index (κ1) is 18.4. The van der Waals surface area contributed by atoms with Crippen LogP contribution in [0.5, 0.6) is 0 Å². The molecule has 1 amide bonds. The Hall–Kier alpha value is -1.35. The van der Waals surface area contributed by atoms with Gasteiger partial charge >= 0.3 is 0 Å². The maximum atomic E-state index is 13.6. The molecule has 0 radical (unpaired) electrons. The van der Waals surface area contributed by atoms with Crippen LogP contribution in [-0.2, 0) is 4.79 Å². The first-order valence-electron chi connectivity index (χ1n) is 10.3. The molecule has 0 aromatic heterocycles. The van der Waals surface area contributed by atoms with Crippen molar-refractivity contribution in [1.29, 1.82) is 0 Å². The van der Waals surface area contributed by atoms with Crippen LogP contribution in [0.25, 0.3) is 0 Å². The molecule has 1 aromatic rings. The molecule has 3 rings (SSSR count). The number of para-hydroxylation sites is 1. The highest BCUT2D eigenvalue weighted by Gasteiger charge is 2.44. The number of benzene rings is 1. The average Bonchev–Trinajstić information content (AvgIpc) is 2.57. The van der Waals surface area contributed by atoms with Crippen molar-refractivity contribution in [3.63, 3.8) is 0 Å². The van der Waals surface area contributed by atoms with Crippen molar-refractivity contribution in [3.05, 3.63) is 29.3 Å². The second-order valence-electron chi connectivity index (χ2n) is 8.14. The van der Waals surface area contributed by atoms with Crippen LogP contribution in [0, 0.1) is 13.8 Å². The van der Waals surface area contributed by atoms with Crippen LogP contribution in [-0.4, -0.2) is 42.6 Å². The molecule has 1 aromatic carbocycles. The number of hydrogen-bond acceptors (Lipinski definition) is 1. The minimum atomic E-state index is 0.163. The van der Waals surface area contributed by atoms with Gasteiger partial charge in [-0.3, -0.25) is 4.79 Å². The van der Waals surface area contributed by atoms with Gasteiger partial charge in [-0.05, 0) is 64.0 Å². The van der Waals surface area contributed by atoms with Crippen LogP contribution in [0.2, 0.25) is 0 Å². The molecule has 1 unspecified atom stereocenters. The Labute approximate surface area is 153 Å². The van der Waals surface area contributed by atoms with Gasteiger partial charge in [0.2, 0.25) is 0 Å². The molecule has 0 bridgehead atoms. The fraction of sp³-hybridized carbons (Fsp3) is 0.682. The summed E-state index contributed by atoms with van der Waals surface area (Å²) in [5, 5.41) is 0. The van der Waals surface area contributed by atoms with Crippen LogP contribution >= 0.6 is 0 Å². The van der Waals surface area contributed by atoms with Gasteiger partial charge in [-0.25, -0.2) is 0 Å². The van der Waals surface area contributed by atoms with E-state index in [0.717, 1.165) is 30.4 Å². The van der Waals surface area contributed by atoms with E-state index in [1.807, 2.05) is 0 Å². The Balaban J connectivity index is 1.90. The number of anilines is 1.